The second-order valence-electron chi connectivity index (χ2n) is 6.81. The van der Waals surface area contributed by atoms with E-state index in [1.54, 1.807) is 6.07 Å². The lowest BCUT2D eigenvalue weighted by Gasteiger charge is -2.31. The van der Waals surface area contributed by atoms with E-state index in [1.165, 1.54) is 0 Å². The number of hydrogen-bond donors (Lipinski definition) is 2. The number of furan rings is 1. The molecular weight excluding hydrogens is 352 g/mol. The maximum Gasteiger partial charge on any atom is 0.224 e. The Morgan fingerprint density at radius 1 is 1.19 bits per heavy atom. The van der Waals surface area contributed by atoms with Gasteiger partial charge < -0.3 is 14.8 Å². The highest BCUT2D eigenvalue weighted by molar-refractivity contribution is 6.33. The number of halogens is 1. The molecule has 1 aliphatic heterocycles. The van der Waals surface area contributed by atoms with Crippen LogP contribution in [0.3, 0.4) is 0 Å². The molecule has 1 aromatic carbocycles. The molecule has 1 amide bonds. The molecule has 140 valence electrons. The first-order valence-electron chi connectivity index (χ1n) is 9.09. The van der Waals surface area contributed by atoms with Gasteiger partial charge in [-0.05, 0) is 62.5 Å². The molecule has 2 heterocycles. The van der Waals surface area contributed by atoms with Gasteiger partial charge >= 0.3 is 0 Å². The van der Waals surface area contributed by atoms with Gasteiger partial charge in [0.15, 0.2) is 0 Å². The molecule has 0 atom stereocenters. The van der Waals surface area contributed by atoms with Crippen LogP contribution in [0.4, 0.5) is 5.69 Å². The zero-order valence-electron chi connectivity index (χ0n) is 14.8. The number of nitrogens with zero attached hydrogens (tertiary/aromatic N) is 1. The highest BCUT2D eigenvalue weighted by atomic mass is 35.5. The van der Waals surface area contributed by atoms with E-state index in [1.807, 2.05) is 30.3 Å². The number of hydrogen-bond acceptors (Lipinski definition) is 4. The number of aliphatic hydroxyl groups is 1. The average Bonchev–Trinajstić information content (AvgIpc) is 3.11. The third kappa shape index (κ3) is 5.34. The first-order valence-corrected chi connectivity index (χ1v) is 9.47. The fraction of sp³-hybridized carbons (Fsp3) is 0.450. The van der Waals surface area contributed by atoms with Crippen molar-refractivity contribution in [3.63, 3.8) is 0 Å². The molecule has 0 saturated carbocycles. The molecule has 6 heteroatoms. The zero-order chi connectivity index (χ0) is 18.4. The van der Waals surface area contributed by atoms with Crippen molar-refractivity contribution < 1.29 is 14.3 Å². The van der Waals surface area contributed by atoms with Gasteiger partial charge in [0.25, 0.3) is 0 Å². The molecule has 5 nitrogen and oxygen atoms in total. The topological polar surface area (TPSA) is 65.7 Å². The summed E-state index contributed by atoms with van der Waals surface area (Å²) in [6, 6.07) is 11.0. The molecule has 1 fully saturated rings. The van der Waals surface area contributed by atoms with Gasteiger partial charge in [-0.15, -0.1) is 0 Å². The number of amides is 1. The van der Waals surface area contributed by atoms with Gasteiger partial charge in [-0.2, -0.15) is 0 Å². The predicted molar refractivity (Wildman–Crippen MR) is 102 cm³/mol. The highest BCUT2D eigenvalue weighted by Crippen LogP contribution is 2.25. The number of likely N-dealkylation sites (tertiary alicyclic amines) is 1. The molecule has 2 N–H and O–H groups in total. The van der Waals surface area contributed by atoms with Crippen LogP contribution >= 0.6 is 11.6 Å². The van der Waals surface area contributed by atoms with Crippen LogP contribution in [-0.4, -0.2) is 29.0 Å². The van der Waals surface area contributed by atoms with Gasteiger partial charge in [0.05, 0.1) is 17.3 Å². The minimum Gasteiger partial charge on any atom is -0.462 e. The number of para-hydroxylation sites is 1. The Labute approximate surface area is 158 Å². The molecule has 1 aliphatic rings. The smallest absolute Gasteiger partial charge is 0.224 e. The van der Waals surface area contributed by atoms with Crippen molar-refractivity contribution in [1.29, 1.82) is 0 Å². The third-order valence-corrected chi connectivity index (χ3v) is 5.22. The first-order chi connectivity index (χ1) is 12.6. The van der Waals surface area contributed by atoms with E-state index in [9.17, 15) is 4.79 Å². The van der Waals surface area contributed by atoms with E-state index in [0.29, 0.717) is 28.8 Å². The van der Waals surface area contributed by atoms with Crippen molar-refractivity contribution in [3.8, 4) is 0 Å². The van der Waals surface area contributed by atoms with Crippen LogP contribution in [0.1, 0.15) is 37.2 Å². The van der Waals surface area contributed by atoms with E-state index in [4.69, 9.17) is 21.1 Å². The number of piperidine rings is 1. The largest absolute Gasteiger partial charge is 0.462 e. The average molecular weight is 377 g/mol. The molecule has 0 radical (unpaired) electrons. The highest BCUT2D eigenvalue weighted by Gasteiger charge is 2.21. The van der Waals surface area contributed by atoms with Crippen LogP contribution in [0.25, 0.3) is 0 Å². The van der Waals surface area contributed by atoms with Gasteiger partial charge in [0.2, 0.25) is 5.91 Å². The molecule has 3 rings (SSSR count). The van der Waals surface area contributed by atoms with Crippen molar-refractivity contribution in [3.05, 3.63) is 52.9 Å². The summed E-state index contributed by atoms with van der Waals surface area (Å²) < 4.78 is 5.55. The second kappa shape index (κ2) is 9.21. The summed E-state index contributed by atoms with van der Waals surface area (Å²) in [4.78, 5) is 14.5. The second-order valence-corrected chi connectivity index (χ2v) is 7.22. The summed E-state index contributed by atoms with van der Waals surface area (Å²) in [7, 11) is 0. The lowest BCUT2D eigenvalue weighted by atomic mass is 9.92. The van der Waals surface area contributed by atoms with Gasteiger partial charge in [-0.25, -0.2) is 0 Å². The minimum absolute atomic E-state index is 0.0210. The third-order valence-electron chi connectivity index (χ3n) is 4.89. The van der Waals surface area contributed by atoms with Gasteiger partial charge in [-0.1, -0.05) is 23.7 Å². The van der Waals surface area contributed by atoms with Crippen molar-refractivity contribution in [2.24, 2.45) is 5.92 Å². The molecule has 26 heavy (non-hydrogen) atoms. The standard InChI is InChI=1S/C20H25ClN2O3/c21-18-3-1-2-4-19(18)22-20(25)8-5-15-9-11-23(12-10-15)13-16-6-7-17(14-24)26-16/h1-4,6-7,15,24H,5,8-14H2,(H,22,25). The lowest BCUT2D eigenvalue weighted by molar-refractivity contribution is -0.116. The Kier molecular flexibility index (Phi) is 6.72. The number of aliphatic hydroxyl groups excluding tert-OH is 1. The maximum atomic E-state index is 12.1. The monoisotopic (exact) mass is 376 g/mol. The van der Waals surface area contributed by atoms with E-state index in [-0.39, 0.29) is 12.5 Å². The molecule has 0 unspecified atom stereocenters. The fourth-order valence-corrected chi connectivity index (χ4v) is 3.54. The number of carbonyl (C=O) groups is 1. The summed E-state index contributed by atoms with van der Waals surface area (Å²) in [5, 5.41) is 12.5. The molecule has 1 aromatic heterocycles. The number of nitrogens with one attached hydrogen (secondary N) is 1. The maximum absolute atomic E-state index is 12.1. The Bertz CT molecular complexity index is 723. The summed E-state index contributed by atoms with van der Waals surface area (Å²) in [5.41, 5.74) is 0.676. The van der Waals surface area contributed by atoms with Crippen molar-refractivity contribution in [1.82, 2.24) is 4.90 Å². The van der Waals surface area contributed by atoms with Crippen LogP contribution in [0.2, 0.25) is 5.02 Å². The van der Waals surface area contributed by atoms with Crippen molar-refractivity contribution in [2.45, 2.75) is 38.8 Å². The Morgan fingerprint density at radius 3 is 2.62 bits per heavy atom. The summed E-state index contributed by atoms with van der Waals surface area (Å²) >= 11 is 6.07. The zero-order valence-corrected chi connectivity index (χ0v) is 15.5. The number of benzene rings is 1. The summed E-state index contributed by atoms with van der Waals surface area (Å²) in [5.74, 6) is 2.10. The number of rotatable bonds is 7. The summed E-state index contributed by atoms with van der Waals surface area (Å²) in [6.07, 6.45) is 3.60. The quantitative estimate of drug-likeness (QED) is 0.764. The van der Waals surface area contributed by atoms with Gasteiger partial charge in [-0.3, -0.25) is 9.69 Å². The van der Waals surface area contributed by atoms with Gasteiger partial charge in [0, 0.05) is 6.42 Å². The lowest BCUT2D eigenvalue weighted by Crippen LogP contribution is -2.33. The fourth-order valence-electron chi connectivity index (χ4n) is 3.36. The first kappa shape index (κ1) is 19.0. The number of carbonyl (C=O) groups excluding carboxylic acids is 1. The normalized spacial score (nSPS) is 15.9. The van der Waals surface area contributed by atoms with Gasteiger partial charge in [0.1, 0.15) is 18.1 Å². The number of anilines is 1. The van der Waals surface area contributed by atoms with Crippen molar-refractivity contribution in [2.75, 3.05) is 18.4 Å². The van der Waals surface area contributed by atoms with Crippen LogP contribution in [0, 0.1) is 5.92 Å². The van der Waals surface area contributed by atoms with E-state index < -0.39 is 0 Å². The Balaban J connectivity index is 1.37. The Hall–Kier alpha value is -1.82. The van der Waals surface area contributed by atoms with Crippen LogP contribution in [0.15, 0.2) is 40.8 Å². The molecule has 0 bridgehead atoms. The molecule has 0 aliphatic carbocycles. The summed E-state index contributed by atoms with van der Waals surface area (Å²) in [6.45, 7) is 2.73. The molecule has 0 spiro atoms. The van der Waals surface area contributed by atoms with Crippen LogP contribution in [-0.2, 0) is 17.9 Å². The van der Waals surface area contributed by atoms with E-state index in [2.05, 4.69) is 10.2 Å². The molecule has 2 aromatic rings. The molecule has 1 saturated heterocycles. The van der Waals surface area contributed by atoms with Crippen LogP contribution < -0.4 is 5.32 Å². The predicted octanol–water partition coefficient (Wildman–Crippen LogP) is 4.06. The van der Waals surface area contributed by atoms with E-state index in [0.717, 1.165) is 44.7 Å². The SMILES string of the molecule is O=C(CCC1CCN(Cc2ccc(CO)o2)CC1)Nc1ccccc1Cl. The van der Waals surface area contributed by atoms with Crippen LogP contribution in [0.5, 0.6) is 0 Å². The van der Waals surface area contributed by atoms with E-state index >= 15 is 0 Å². The van der Waals surface area contributed by atoms with Crippen molar-refractivity contribution >= 4 is 23.2 Å². The Morgan fingerprint density at radius 2 is 1.92 bits per heavy atom. The minimum atomic E-state index is -0.0572. The molecular formula is C20H25ClN2O3.